The van der Waals surface area contributed by atoms with Crippen LogP contribution in [0.3, 0.4) is 0 Å². The van der Waals surface area contributed by atoms with Crippen molar-refractivity contribution in [2.45, 2.75) is 42.6 Å². The molecule has 3 aromatic carbocycles. The van der Waals surface area contributed by atoms with Crippen LogP contribution in [0.5, 0.6) is 17.2 Å². The van der Waals surface area contributed by atoms with Crippen molar-refractivity contribution in [3.8, 4) is 28.4 Å². The number of hydrogen-bond donors (Lipinski definition) is 1. The Kier molecular flexibility index (Phi) is 10.9. The van der Waals surface area contributed by atoms with Gasteiger partial charge in [0.25, 0.3) is 10.0 Å². The number of methoxy groups -OCH3 is 3. The van der Waals surface area contributed by atoms with Gasteiger partial charge >= 0.3 is 12.4 Å². The van der Waals surface area contributed by atoms with Gasteiger partial charge in [-0.2, -0.15) is 26.3 Å². The predicted molar refractivity (Wildman–Crippen MR) is 173 cm³/mol. The van der Waals surface area contributed by atoms with E-state index in [4.69, 9.17) is 18.7 Å². The first kappa shape index (κ1) is 37.5. The summed E-state index contributed by atoms with van der Waals surface area (Å²) in [6.45, 7) is -0.507. The van der Waals surface area contributed by atoms with Crippen molar-refractivity contribution in [2.24, 2.45) is 5.92 Å². The van der Waals surface area contributed by atoms with E-state index in [1.807, 2.05) is 23.1 Å². The summed E-state index contributed by atoms with van der Waals surface area (Å²) < 4.78 is 132. The SMILES string of the molecule is COc1cccc(OC)c1S(=O)(=O)Nc1noc2cc(-c3cccc(N4CCCC(C(=O)COC(C(F)(F)F)C(F)(F)F)CC4)c3)cc(OC)c12. The van der Waals surface area contributed by atoms with Crippen molar-refractivity contribution < 1.29 is 63.0 Å². The molecule has 0 amide bonds. The Morgan fingerprint density at radius 1 is 0.902 bits per heavy atom. The number of carbonyl (C=O) groups is 1. The number of halogens is 6. The quantitative estimate of drug-likeness (QED) is 0.151. The first-order chi connectivity index (χ1) is 24.1. The van der Waals surface area contributed by atoms with Crippen molar-refractivity contribution in [1.29, 1.82) is 0 Å². The second-order valence-electron chi connectivity index (χ2n) is 11.6. The monoisotopic (exact) mass is 745 g/mol. The molecule has 1 unspecified atom stereocenters. The molecule has 1 aliphatic heterocycles. The Labute approximate surface area is 288 Å². The highest BCUT2D eigenvalue weighted by molar-refractivity contribution is 7.93. The molecular formula is C33H33F6N3O8S. The van der Waals surface area contributed by atoms with E-state index in [2.05, 4.69) is 14.6 Å². The molecular weight excluding hydrogens is 712 g/mol. The number of ketones is 1. The number of carbonyl (C=O) groups excluding carboxylic acids is 1. The zero-order valence-corrected chi connectivity index (χ0v) is 28.2. The molecule has 1 atom stereocenters. The second-order valence-corrected chi connectivity index (χ2v) is 13.2. The minimum absolute atomic E-state index is 0.0457. The normalized spacial score (nSPS) is 15.9. The van der Waals surface area contributed by atoms with Gasteiger partial charge in [0, 0.05) is 24.7 Å². The summed E-state index contributed by atoms with van der Waals surface area (Å²) in [6, 6.07) is 15.1. The molecule has 1 N–H and O–H groups in total. The highest BCUT2D eigenvalue weighted by Crippen LogP contribution is 2.41. The first-order valence-corrected chi connectivity index (χ1v) is 16.9. The fraction of sp³-hybridized carbons (Fsp3) is 0.394. The van der Waals surface area contributed by atoms with Crippen molar-refractivity contribution >= 4 is 38.3 Å². The summed E-state index contributed by atoms with van der Waals surface area (Å²) in [7, 11) is -0.254. The lowest BCUT2D eigenvalue weighted by Crippen LogP contribution is -2.45. The maximum atomic E-state index is 13.5. The lowest BCUT2D eigenvalue weighted by atomic mass is 9.96. The number of aromatic nitrogens is 1. The van der Waals surface area contributed by atoms with Gasteiger partial charge in [0.05, 0.1) is 21.3 Å². The van der Waals surface area contributed by atoms with Gasteiger partial charge in [-0.1, -0.05) is 23.4 Å². The van der Waals surface area contributed by atoms with Crippen molar-refractivity contribution in [3.05, 3.63) is 54.6 Å². The highest BCUT2D eigenvalue weighted by atomic mass is 32.2. The van der Waals surface area contributed by atoms with E-state index < -0.39 is 46.8 Å². The molecule has 11 nitrogen and oxygen atoms in total. The maximum Gasteiger partial charge on any atom is 0.423 e. The van der Waals surface area contributed by atoms with Crippen LogP contribution in [0.2, 0.25) is 0 Å². The number of rotatable bonds is 12. The zero-order valence-electron chi connectivity index (χ0n) is 27.4. The number of alkyl halides is 6. The highest BCUT2D eigenvalue weighted by Gasteiger charge is 2.58. The Hall–Kier alpha value is -4.71. The summed E-state index contributed by atoms with van der Waals surface area (Å²) in [5.41, 5.74) is 2.29. The first-order valence-electron chi connectivity index (χ1n) is 15.4. The van der Waals surface area contributed by atoms with Gasteiger partial charge in [-0.15, -0.1) is 0 Å². The number of anilines is 2. The standard InChI is InChI=1S/C33H33F6N3O8S/c1-46-24-10-5-11-25(47-2)29(24)51(44,45)41-30-28-26(48-3)16-21(17-27(28)50-40-30)20-7-4-9-22(15-20)42-13-6-8-19(12-14-42)23(43)18-49-31(32(34,35)36)33(37,38)39/h4-5,7,9-11,15-17,19,31H,6,8,12-14,18H2,1-3H3,(H,40,41). The van der Waals surface area contributed by atoms with Crippen LogP contribution in [0, 0.1) is 5.92 Å². The van der Waals surface area contributed by atoms with Gasteiger partial charge in [-0.05, 0) is 66.8 Å². The maximum absolute atomic E-state index is 13.5. The van der Waals surface area contributed by atoms with Crippen molar-refractivity contribution in [1.82, 2.24) is 5.16 Å². The predicted octanol–water partition coefficient (Wildman–Crippen LogP) is 7.01. The van der Waals surface area contributed by atoms with E-state index in [0.717, 1.165) is 5.69 Å². The molecule has 1 saturated heterocycles. The fourth-order valence-electron chi connectivity index (χ4n) is 5.91. The molecule has 276 valence electrons. The lowest BCUT2D eigenvalue weighted by molar-refractivity contribution is -0.319. The molecule has 1 fully saturated rings. The smallest absolute Gasteiger partial charge is 0.423 e. The molecule has 0 radical (unpaired) electrons. The summed E-state index contributed by atoms with van der Waals surface area (Å²) in [5.74, 6) is -1.39. The van der Waals surface area contributed by atoms with E-state index >= 15 is 0 Å². The molecule has 1 aliphatic rings. The minimum Gasteiger partial charge on any atom is -0.496 e. The zero-order chi connectivity index (χ0) is 37.1. The Morgan fingerprint density at radius 2 is 1.55 bits per heavy atom. The van der Waals surface area contributed by atoms with Gasteiger partial charge in [0.15, 0.2) is 22.1 Å². The third-order valence-corrected chi connectivity index (χ3v) is 9.76. The summed E-state index contributed by atoms with van der Waals surface area (Å²) in [4.78, 5) is 14.3. The topological polar surface area (TPSA) is 129 Å². The Balaban J connectivity index is 1.33. The van der Waals surface area contributed by atoms with Gasteiger partial charge in [-0.3, -0.25) is 9.52 Å². The molecule has 5 rings (SSSR count). The van der Waals surface area contributed by atoms with E-state index in [1.54, 1.807) is 24.3 Å². The molecule has 4 aromatic rings. The number of sulfonamides is 1. The van der Waals surface area contributed by atoms with Crippen LogP contribution in [0.15, 0.2) is 64.0 Å². The van der Waals surface area contributed by atoms with Crippen LogP contribution < -0.4 is 23.8 Å². The van der Waals surface area contributed by atoms with Crippen LogP contribution in [-0.2, 0) is 19.6 Å². The van der Waals surface area contributed by atoms with Crippen LogP contribution in [-0.4, -0.2) is 78.8 Å². The van der Waals surface area contributed by atoms with Gasteiger partial charge in [0.2, 0.25) is 6.10 Å². The molecule has 2 heterocycles. The fourth-order valence-corrected chi connectivity index (χ4v) is 7.24. The minimum atomic E-state index is -5.70. The number of fused-ring (bicyclic) bond motifs is 1. The third-order valence-electron chi connectivity index (χ3n) is 8.36. The Morgan fingerprint density at radius 3 is 2.18 bits per heavy atom. The number of hydrogen-bond acceptors (Lipinski definition) is 10. The van der Waals surface area contributed by atoms with Gasteiger partial charge in [0.1, 0.15) is 29.2 Å². The summed E-state index contributed by atoms with van der Waals surface area (Å²) in [5, 5.41) is 4.20. The second kappa shape index (κ2) is 14.9. The molecule has 0 aliphatic carbocycles. The molecule has 0 bridgehead atoms. The lowest BCUT2D eigenvalue weighted by Gasteiger charge is -2.24. The van der Waals surface area contributed by atoms with Crippen LogP contribution in [0.1, 0.15) is 19.3 Å². The van der Waals surface area contributed by atoms with Crippen LogP contribution in [0.4, 0.5) is 37.8 Å². The number of nitrogens with one attached hydrogen (secondary N) is 1. The molecule has 0 saturated carbocycles. The number of Topliss-reactive ketones (excluding diaryl/α,β-unsaturated/α-hetero) is 1. The average Bonchev–Trinajstić information content (AvgIpc) is 3.30. The Bertz CT molecular complexity index is 1950. The average molecular weight is 746 g/mol. The molecule has 1 aromatic heterocycles. The van der Waals surface area contributed by atoms with E-state index in [0.29, 0.717) is 30.6 Å². The van der Waals surface area contributed by atoms with Crippen LogP contribution in [0.25, 0.3) is 22.1 Å². The third kappa shape index (κ3) is 8.27. The van der Waals surface area contributed by atoms with E-state index in [-0.39, 0.29) is 51.8 Å². The molecule has 0 spiro atoms. The number of nitrogens with zero attached hydrogens (tertiary/aromatic N) is 2. The van der Waals surface area contributed by atoms with E-state index in [9.17, 15) is 39.6 Å². The van der Waals surface area contributed by atoms with Crippen LogP contribution >= 0.6 is 0 Å². The number of ether oxygens (including phenoxy) is 4. The van der Waals surface area contributed by atoms with Gasteiger partial charge < -0.3 is 28.4 Å². The van der Waals surface area contributed by atoms with E-state index in [1.165, 1.54) is 33.5 Å². The molecule has 51 heavy (non-hydrogen) atoms. The van der Waals surface area contributed by atoms with Crippen molar-refractivity contribution in [3.63, 3.8) is 0 Å². The summed E-state index contributed by atoms with van der Waals surface area (Å²) in [6.07, 6.45) is -14.5. The molecule has 18 heteroatoms. The summed E-state index contributed by atoms with van der Waals surface area (Å²) >= 11 is 0. The van der Waals surface area contributed by atoms with Gasteiger partial charge in [-0.25, -0.2) is 8.42 Å². The largest absolute Gasteiger partial charge is 0.496 e. The van der Waals surface area contributed by atoms with Crippen molar-refractivity contribution in [2.75, 3.05) is 50.6 Å². The number of benzene rings is 3.